The molecule has 2 aromatic carbocycles. The van der Waals surface area contributed by atoms with Gasteiger partial charge in [-0.2, -0.15) is 0 Å². The second kappa shape index (κ2) is 5.97. The van der Waals surface area contributed by atoms with E-state index in [2.05, 4.69) is 44.0 Å². The molecule has 2 nitrogen and oxygen atoms in total. The lowest BCUT2D eigenvalue weighted by Crippen LogP contribution is -1.92. The number of hydrogen-bond donors (Lipinski definition) is 0. The van der Waals surface area contributed by atoms with E-state index >= 15 is 0 Å². The molecule has 19 heavy (non-hydrogen) atoms. The molecule has 0 spiro atoms. The summed E-state index contributed by atoms with van der Waals surface area (Å²) < 4.78 is 12.7. The minimum Gasteiger partial charge on any atom is -0.496 e. The third kappa shape index (κ3) is 2.79. The van der Waals surface area contributed by atoms with E-state index in [-0.39, 0.29) is 0 Å². The van der Waals surface area contributed by atoms with Gasteiger partial charge in [0.2, 0.25) is 0 Å². The Labute approximate surface area is 130 Å². The van der Waals surface area contributed by atoms with Crippen LogP contribution in [0.15, 0.2) is 39.3 Å². The standard InChI is InChI=1S/C15H14Br2O2/c1-9-11(5-7-13(17)15(9)19-3)10-4-6-12(16)14(8-10)18-2/h4-8H,1-3H3. The molecule has 0 saturated carbocycles. The van der Waals surface area contributed by atoms with Gasteiger partial charge in [0.05, 0.1) is 23.2 Å². The summed E-state index contributed by atoms with van der Waals surface area (Å²) in [5.41, 5.74) is 3.33. The molecular weight excluding hydrogens is 372 g/mol. The summed E-state index contributed by atoms with van der Waals surface area (Å²) in [6.07, 6.45) is 0. The van der Waals surface area contributed by atoms with E-state index in [4.69, 9.17) is 9.47 Å². The van der Waals surface area contributed by atoms with Crippen LogP contribution in [0.5, 0.6) is 11.5 Å². The van der Waals surface area contributed by atoms with Crippen LogP contribution in [-0.4, -0.2) is 14.2 Å². The minimum atomic E-state index is 0.818. The van der Waals surface area contributed by atoms with E-state index in [9.17, 15) is 0 Å². The van der Waals surface area contributed by atoms with Crippen LogP contribution in [0, 0.1) is 6.92 Å². The first-order valence-corrected chi connectivity index (χ1v) is 7.34. The van der Waals surface area contributed by atoms with E-state index in [1.165, 1.54) is 0 Å². The maximum absolute atomic E-state index is 5.43. The van der Waals surface area contributed by atoms with Crippen LogP contribution in [0.1, 0.15) is 5.56 Å². The molecule has 2 aromatic rings. The van der Waals surface area contributed by atoms with E-state index in [0.717, 1.165) is 37.1 Å². The first kappa shape index (κ1) is 14.4. The zero-order chi connectivity index (χ0) is 14.0. The van der Waals surface area contributed by atoms with Gasteiger partial charge in [0.25, 0.3) is 0 Å². The van der Waals surface area contributed by atoms with Gasteiger partial charge < -0.3 is 9.47 Å². The van der Waals surface area contributed by atoms with Crippen molar-refractivity contribution in [3.63, 3.8) is 0 Å². The normalized spacial score (nSPS) is 10.4. The van der Waals surface area contributed by atoms with Gasteiger partial charge >= 0.3 is 0 Å². The summed E-state index contributed by atoms with van der Waals surface area (Å²) >= 11 is 6.96. The molecule has 0 fully saturated rings. The predicted octanol–water partition coefficient (Wildman–Crippen LogP) is 5.20. The highest BCUT2D eigenvalue weighted by molar-refractivity contribution is 9.10. The van der Waals surface area contributed by atoms with Gasteiger partial charge in [0.1, 0.15) is 11.5 Å². The topological polar surface area (TPSA) is 18.5 Å². The fourth-order valence-electron chi connectivity index (χ4n) is 2.05. The number of hydrogen-bond acceptors (Lipinski definition) is 2. The third-order valence-electron chi connectivity index (χ3n) is 3.02. The summed E-state index contributed by atoms with van der Waals surface area (Å²) in [4.78, 5) is 0. The predicted molar refractivity (Wildman–Crippen MR) is 85.1 cm³/mol. The van der Waals surface area contributed by atoms with Crippen molar-refractivity contribution in [2.24, 2.45) is 0 Å². The van der Waals surface area contributed by atoms with Crippen molar-refractivity contribution >= 4 is 31.9 Å². The van der Waals surface area contributed by atoms with Gasteiger partial charge in [0, 0.05) is 5.56 Å². The van der Waals surface area contributed by atoms with E-state index in [0.29, 0.717) is 0 Å². The van der Waals surface area contributed by atoms with Gasteiger partial charge in [0.15, 0.2) is 0 Å². The summed E-state index contributed by atoms with van der Waals surface area (Å²) in [5, 5.41) is 0. The molecule has 4 heteroatoms. The quantitative estimate of drug-likeness (QED) is 0.722. The molecule has 0 atom stereocenters. The Kier molecular flexibility index (Phi) is 4.53. The molecule has 0 saturated heterocycles. The lowest BCUT2D eigenvalue weighted by atomic mass is 10.00. The van der Waals surface area contributed by atoms with Crippen LogP contribution in [0.2, 0.25) is 0 Å². The molecule has 0 aliphatic heterocycles. The van der Waals surface area contributed by atoms with E-state index in [1.807, 2.05) is 25.1 Å². The molecule has 0 aliphatic carbocycles. The highest BCUT2D eigenvalue weighted by Gasteiger charge is 2.11. The second-order valence-corrected chi connectivity index (χ2v) is 5.81. The van der Waals surface area contributed by atoms with Gasteiger partial charge in [-0.05, 0) is 68.1 Å². The highest BCUT2D eigenvalue weighted by atomic mass is 79.9. The Bertz CT molecular complexity index is 609. The number of benzene rings is 2. The number of rotatable bonds is 3. The van der Waals surface area contributed by atoms with Crippen molar-refractivity contribution in [3.8, 4) is 22.6 Å². The van der Waals surface area contributed by atoms with E-state index < -0.39 is 0 Å². The maximum Gasteiger partial charge on any atom is 0.136 e. The van der Waals surface area contributed by atoms with Crippen LogP contribution in [0.3, 0.4) is 0 Å². The molecule has 0 aromatic heterocycles. The molecule has 0 aliphatic rings. The molecule has 0 N–H and O–H groups in total. The van der Waals surface area contributed by atoms with Gasteiger partial charge in [-0.3, -0.25) is 0 Å². The van der Waals surface area contributed by atoms with Crippen LogP contribution < -0.4 is 9.47 Å². The number of ether oxygens (including phenoxy) is 2. The molecule has 0 bridgehead atoms. The van der Waals surface area contributed by atoms with Crippen molar-refractivity contribution in [2.45, 2.75) is 6.92 Å². The van der Waals surface area contributed by atoms with Crippen molar-refractivity contribution in [2.75, 3.05) is 14.2 Å². The Balaban J connectivity index is 2.59. The SMILES string of the molecule is COc1cc(-c2ccc(Br)c(OC)c2C)ccc1Br. The van der Waals surface area contributed by atoms with Crippen LogP contribution in [0.25, 0.3) is 11.1 Å². The van der Waals surface area contributed by atoms with Crippen LogP contribution in [0.4, 0.5) is 0 Å². The molecule has 0 unspecified atom stereocenters. The summed E-state index contributed by atoms with van der Waals surface area (Å²) in [5.74, 6) is 1.68. The highest BCUT2D eigenvalue weighted by Crippen LogP contribution is 2.38. The Hall–Kier alpha value is -1.00. The van der Waals surface area contributed by atoms with Crippen molar-refractivity contribution in [3.05, 3.63) is 44.8 Å². The second-order valence-electron chi connectivity index (χ2n) is 4.10. The largest absolute Gasteiger partial charge is 0.496 e. The average Bonchev–Trinajstić information content (AvgIpc) is 2.40. The first-order valence-electron chi connectivity index (χ1n) is 5.75. The molecule has 0 amide bonds. The van der Waals surface area contributed by atoms with Gasteiger partial charge in [-0.15, -0.1) is 0 Å². The lowest BCUT2D eigenvalue weighted by molar-refractivity contribution is 0.409. The Morgan fingerprint density at radius 1 is 0.895 bits per heavy atom. The summed E-state index contributed by atoms with van der Waals surface area (Å²) in [6.45, 7) is 2.05. The summed E-state index contributed by atoms with van der Waals surface area (Å²) in [6, 6.07) is 10.1. The Morgan fingerprint density at radius 3 is 2.21 bits per heavy atom. The maximum atomic E-state index is 5.43. The van der Waals surface area contributed by atoms with Gasteiger partial charge in [-0.25, -0.2) is 0 Å². The van der Waals surface area contributed by atoms with Crippen molar-refractivity contribution in [1.29, 1.82) is 0 Å². The molecule has 100 valence electrons. The fraction of sp³-hybridized carbons (Fsp3) is 0.200. The van der Waals surface area contributed by atoms with Crippen molar-refractivity contribution < 1.29 is 9.47 Å². The van der Waals surface area contributed by atoms with Crippen LogP contribution >= 0.6 is 31.9 Å². The smallest absolute Gasteiger partial charge is 0.136 e. The molecule has 0 heterocycles. The minimum absolute atomic E-state index is 0.818. The Morgan fingerprint density at radius 2 is 1.58 bits per heavy atom. The summed E-state index contributed by atoms with van der Waals surface area (Å²) in [7, 11) is 3.35. The van der Waals surface area contributed by atoms with E-state index in [1.54, 1.807) is 14.2 Å². The fourth-order valence-corrected chi connectivity index (χ4v) is 3.05. The number of halogens is 2. The average molecular weight is 386 g/mol. The lowest BCUT2D eigenvalue weighted by Gasteiger charge is -2.13. The first-order chi connectivity index (χ1) is 9.08. The van der Waals surface area contributed by atoms with Crippen molar-refractivity contribution in [1.82, 2.24) is 0 Å². The van der Waals surface area contributed by atoms with Gasteiger partial charge in [-0.1, -0.05) is 12.1 Å². The number of methoxy groups -OCH3 is 2. The third-order valence-corrected chi connectivity index (χ3v) is 4.30. The molecule has 0 radical (unpaired) electrons. The zero-order valence-electron chi connectivity index (χ0n) is 11.0. The monoisotopic (exact) mass is 384 g/mol. The molecular formula is C15H14Br2O2. The van der Waals surface area contributed by atoms with Crippen LogP contribution in [-0.2, 0) is 0 Å². The molecule has 2 rings (SSSR count). The zero-order valence-corrected chi connectivity index (χ0v) is 14.1.